The van der Waals surface area contributed by atoms with Crippen LogP contribution in [0.15, 0.2) is 36.4 Å². The number of nitrogens with zero attached hydrogens (tertiary/aromatic N) is 3. The Bertz CT molecular complexity index is 764. The van der Waals surface area contributed by atoms with Crippen molar-refractivity contribution in [1.82, 2.24) is 20.1 Å². The van der Waals surface area contributed by atoms with E-state index in [-0.39, 0.29) is 6.09 Å². The Kier molecular flexibility index (Phi) is 6.29. The van der Waals surface area contributed by atoms with Gasteiger partial charge in [-0.3, -0.25) is 14.8 Å². The molecule has 1 fully saturated rings. The summed E-state index contributed by atoms with van der Waals surface area (Å²) >= 11 is 0. The third-order valence-electron chi connectivity index (χ3n) is 4.60. The van der Waals surface area contributed by atoms with Gasteiger partial charge in [-0.05, 0) is 32.9 Å². The van der Waals surface area contributed by atoms with Crippen LogP contribution >= 0.6 is 0 Å². The molecule has 0 bridgehead atoms. The number of ether oxygens (including phenoxy) is 1. The molecule has 6 nitrogen and oxygen atoms in total. The molecule has 1 amide bonds. The predicted molar refractivity (Wildman–Crippen MR) is 108 cm³/mol. The fourth-order valence-electron chi connectivity index (χ4n) is 3.23. The van der Waals surface area contributed by atoms with Gasteiger partial charge in [0.15, 0.2) is 0 Å². The maximum atomic E-state index is 11.7. The van der Waals surface area contributed by atoms with Crippen LogP contribution in [0.2, 0.25) is 0 Å². The molecule has 0 unspecified atom stereocenters. The number of benzene rings is 1. The van der Waals surface area contributed by atoms with Crippen molar-refractivity contribution in [2.75, 3.05) is 39.3 Å². The number of carbonyl (C=O) groups excluding carboxylic acids is 1. The molecule has 0 radical (unpaired) electrons. The first-order chi connectivity index (χ1) is 12.9. The van der Waals surface area contributed by atoms with E-state index in [0.29, 0.717) is 6.54 Å². The maximum absolute atomic E-state index is 11.7. The van der Waals surface area contributed by atoms with Crippen LogP contribution < -0.4 is 5.32 Å². The second-order valence-electron chi connectivity index (χ2n) is 8.04. The molecule has 3 rings (SSSR count). The lowest BCUT2D eigenvalue weighted by molar-refractivity contribution is 0.0515. The van der Waals surface area contributed by atoms with Gasteiger partial charge in [0.25, 0.3) is 0 Å². The van der Waals surface area contributed by atoms with Crippen LogP contribution in [0.1, 0.15) is 26.5 Å². The summed E-state index contributed by atoms with van der Waals surface area (Å²) in [5.41, 5.74) is 1.72. The largest absolute Gasteiger partial charge is 0.444 e. The van der Waals surface area contributed by atoms with Gasteiger partial charge in [0.05, 0.1) is 11.2 Å². The summed E-state index contributed by atoms with van der Waals surface area (Å²) in [5.74, 6) is 0. The molecular formula is C21H30N4O2. The van der Waals surface area contributed by atoms with E-state index < -0.39 is 5.60 Å². The number of hydrogen-bond donors (Lipinski definition) is 1. The van der Waals surface area contributed by atoms with Gasteiger partial charge in [-0.15, -0.1) is 0 Å². The van der Waals surface area contributed by atoms with Crippen LogP contribution in [0.3, 0.4) is 0 Å². The number of para-hydroxylation sites is 1. The SMILES string of the molecule is CC(C)(C)OC(=O)NCCN1CCN(Cc2ccc3ccccc3n2)CC1. The Morgan fingerprint density at radius 2 is 1.78 bits per heavy atom. The van der Waals surface area contributed by atoms with Crippen LogP contribution in [0.25, 0.3) is 10.9 Å². The molecule has 1 N–H and O–H groups in total. The first-order valence-corrected chi connectivity index (χ1v) is 9.65. The molecule has 2 heterocycles. The molecule has 1 aliphatic rings. The summed E-state index contributed by atoms with van der Waals surface area (Å²) in [4.78, 5) is 21.3. The molecule has 1 saturated heterocycles. The van der Waals surface area contributed by atoms with Crippen LogP contribution in [0.4, 0.5) is 4.79 Å². The third kappa shape index (κ3) is 6.19. The minimum absolute atomic E-state index is 0.344. The van der Waals surface area contributed by atoms with E-state index in [1.807, 2.05) is 32.9 Å². The van der Waals surface area contributed by atoms with E-state index in [1.54, 1.807) is 0 Å². The van der Waals surface area contributed by atoms with E-state index in [0.717, 1.165) is 50.5 Å². The van der Waals surface area contributed by atoms with E-state index in [9.17, 15) is 4.79 Å². The predicted octanol–water partition coefficient (Wildman–Crippen LogP) is 2.88. The first kappa shape index (κ1) is 19.6. The van der Waals surface area contributed by atoms with E-state index in [4.69, 9.17) is 9.72 Å². The molecule has 2 aromatic rings. The highest BCUT2D eigenvalue weighted by molar-refractivity contribution is 5.78. The van der Waals surface area contributed by atoms with Crippen LogP contribution in [0, 0.1) is 0 Å². The summed E-state index contributed by atoms with van der Waals surface area (Å²) in [6.45, 7) is 12.0. The second-order valence-corrected chi connectivity index (χ2v) is 8.04. The van der Waals surface area contributed by atoms with Crippen molar-refractivity contribution >= 4 is 17.0 Å². The number of piperazine rings is 1. The zero-order valence-corrected chi connectivity index (χ0v) is 16.6. The molecule has 6 heteroatoms. The molecule has 146 valence electrons. The van der Waals surface area contributed by atoms with Crippen molar-refractivity contribution in [2.24, 2.45) is 0 Å². The lowest BCUT2D eigenvalue weighted by Gasteiger charge is -2.34. The second kappa shape index (κ2) is 8.67. The zero-order valence-electron chi connectivity index (χ0n) is 16.6. The van der Waals surface area contributed by atoms with Gasteiger partial charge in [0, 0.05) is 51.2 Å². The van der Waals surface area contributed by atoms with Crippen molar-refractivity contribution in [3.63, 3.8) is 0 Å². The Balaban J connectivity index is 1.39. The summed E-state index contributed by atoms with van der Waals surface area (Å²) in [5, 5.41) is 4.01. The smallest absolute Gasteiger partial charge is 0.407 e. The number of nitrogens with one attached hydrogen (secondary N) is 1. The minimum Gasteiger partial charge on any atom is -0.444 e. The normalized spacial score (nSPS) is 16.4. The summed E-state index contributed by atoms with van der Waals surface area (Å²) in [6, 6.07) is 12.5. The zero-order chi connectivity index (χ0) is 19.3. The van der Waals surface area contributed by atoms with Gasteiger partial charge < -0.3 is 10.1 Å². The van der Waals surface area contributed by atoms with Gasteiger partial charge in [0.1, 0.15) is 5.60 Å². The number of hydrogen-bond acceptors (Lipinski definition) is 5. The minimum atomic E-state index is -0.452. The third-order valence-corrected chi connectivity index (χ3v) is 4.60. The van der Waals surface area contributed by atoms with E-state index in [1.165, 1.54) is 5.39 Å². The number of fused-ring (bicyclic) bond motifs is 1. The molecule has 27 heavy (non-hydrogen) atoms. The van der Waals surface area contributed by atoms with Crippen molar-refractivity contribution in [3.05, 3.63) is 42.1 Å². The molecule has 0 atom stereocenters. The number of carbonyl (C=O) groups is 1. The van der Waals surface area contributed by atoms with E-state index in [2.05, 4.69) is 39.4 Å². The summed E-state index contributed by atoms with van der Waals surface area (Å²) in [6.07, 6.45) is -0.344. The van der Waals surface area contributed by atoms with Gasteiger partial charge in [-0.25, -0.2) is 4.79 Å². The molecule has 0 saturated carbocycles. The van der Waals surface area contributed by atoms with Crippen molar-refractivity contribution in [1.29, 1.82) is 0 Å². The first-order valence-electron chi connectivity index (χ1n) is 9.65. The highest BCUT2D eigenvalue weighted by Gasteiger charge is 2.19. The van der Waals surface area contributed by atoms with E-state index >= 15 is 0 Å². The molecule has 1 aliphatic heterocycles. The molecule has 1 aromatic heterocycles. The van der Waals surface area contributed by atoms with Gasteiger partial charge >= 0.3 is 6.09 Å². The number of amides is 1. The Labute approximate surface area is 161 Å². The quantitative estimate of drug-likeness (QED) is 0.877. The average Bonchev–Trinajstić information content (AvgIpc) is 2.61. The molecule has 0 spiro atoms. The number of rotatable bonds is 5. The topological polar surface area (TPSA) is 57.7 Å². The van der Waals surface area contributed by atoms with Crippen molar-refractivity contribution < 1.29 is 9.53 Å². The van der Waals surface area contributed by atoms with Crippen LogP contribution in [0.5, 0.6) is 0 Å². The fourth-order valence-corrected chi connectivity index (χ4v) is 3.23. The number of aromatic nitrogens is 1. The Morgan fingerprint density at radius 3 is 2.52 bits per heavy atom. The molecule has 0 aliphatic carbocycles. The summed E-state index contributed by atoms with van der Waals surface area (Å²) < 4.78 is 5.26. The average molecular weight is 370 g/mol. The Morgan fingerprint density at radius 1 is 1.07 bits per heavy atom. The monoisotopic (exact) mass is 370 g/mol. The Hall–Kier alpha value is -2.18. The van der Waals surface area contributed by atoms with Gasteiger partial charge in [-0.2, -0.15) is 0 Å². The lowest BCUT2D eigenvalue weighted by Crippen LogP contribution is -2.48. The number of alkyl carbamates (subject to hydrolysis) is 1. The standard InChI is InChI=1S/C21H30N4O2/c1-21(2,3)27-20(26)22-10-11-24-12-14-25(15-13-24)16-18-9-8-17-6-4-5-7-19(17)23-18/h4-9H,10-16H2,1-3H3,(H,22,26). The lowest BCUT2D eigenvalue weighted by atomic mass is 10.2. The van der Waals surface area contributed by atoms with Crippen LogP contribution in [-0.4, -0.2) is 65.7 Å². The van der Waals surface area contributed by atoms with Crippen LogP contribution in [-0.2, 0) is 11.3 Å². The highest BCUT2D eigenvalue weighted by atomic mass is 16.6. The maximum Gasteiger partial charge on any atom is 0.407 e. The fraction of sp³-hybridized carbons (Fsp3) is 0.524. The van der Waals surface area contributed by atoms with Crippen molar-refractivity contribution in [3.8, 4) is 0 Å². The van der Waals surface area contributed by atoms with Gasteiger partial charge in [-0.1, -0.05) is 24.3 Å². The van der Waals surface area contributed by atoms with Gasteiger partial charge in [0.2, 0.25) is 0 Å². The number of pyridine rings is 1. The molecular weight excluding hydrogens is 340 g/mol. The van der Waals surface area contributed by atoms with Crippen molar-refractivity contribution in [2.45, 2.75) is 32.9 Å². The highest BCUT2D eigenvalue weighted by Crippen LogP contribution is 2.14. The molecule has 1 aromatic carbocycles. The summed E-state index contributed by atoms with van der Waals surface area (Å²) in [7, 11) is 0.